The second-order valence-electron chi connectivity index (χ2n) is 5.62. The lowest BCUT2D eigenvalue weighted by Crippen LogP contribution is -2.33. The molecular weight excluding hydrogens is 318 g/mol. The van der Waals surface area contributed by atoms with E-state index in [0.29, 0.717) is 29.1 Å². The van der Waals surface area contributed by atoms with E-state index in [4.69, 9.17) is 26.8 Å². The van der Waals surface area contributed by atoms with Gasteiger partial charge in [-0.15, -0.1) is 0 Å². The molecule has 0 aliphatic carbocycles. The van der Waals surface area contributed by atoms with Crippen LogP contribution in [0.2, 0.25) is 5.02 Å². The van der Waals surface area contributed by atoms with Crippen LogP contribution in [0.1, 0.15) is 19.4 Å². The van der Waals surface area contributed by atoms with Crippen LogP contribution in [-0.4, -0.2) is 50.7 Å². The van der Waals surface area contributed by atoms with Gasteiger partial charge in [0, 0.05) is 25.7 Å². The molecule has 1 aromatic rings. The molecule has 130 valence electrons. The van der Waals surface area contributed by atoms with Crippen molar-refractivity contribution in [3.05, 3.63) is 22.7 Å². The van der Waals surface area contributed by atoms with Gasteiger partial charge in [0.1, 0.15) is 0 Å². The molecule has 0 atom stereocenters. The summed E-state index contributed by atoms with van der Waals surface area (Å²) in [6.45, 7) is 6.58. The van der Waals surface area contributed by atoms with Gasteiger partial charge in [-0.05, 0) is 38.6 Å². The van der Waals surface area contributed by atoms with Crippen molar-refractivity contribution in [1.29, 1.82) is 0 Å². The maximum Gasteiger partial charge on any atom is 0.255 e. The molecule has 0 heterocycles. The molecule has 0 aliphatic heterocycles. The minimum absolute atomic E-state index is 0.241. The fourth-order valence-electron chi connectivity index (χ4n) is 1.91. The smallest absolute Gasteiger partial charge is 0.255 e. The SMILES string of the molecule is COc1cc(CNCCN(C)C(C)C)cc(Cl)c1OCC(N)=O. The number of hydrogen-bond acceptors (Lipinski definition) is 5. The second-order valence-corrected chi connectivity index (χ2v) is 6.02. The first-order chi connectivity index (χ1) is 10.8. The normalized spacial score (nSPS) is 11.1. The van der Waals surface area contributed by atoms with Crippen LogP contribution < -0.4 is 20.5 Å². The standard InChI is InChI=1S/C16H26ClN3O3/c1-11(2)20(3)6-5-19-9-12-7-13(17)16(14(8-12)22-4)23-10-15(18)21/h7-8,11,19H,5-6,9-10H2,1-4H3,(H2,18,21). The number of carbonyl (C=O) groups excluding carboxylic acids is 1. The number of nitrogens with zero attached hydrogens (tertiary/aromatic N) is 1. The van der Waals surface area contributed by atoms with E-state index in [9.17, 15) is 4.79 Å². The third kappa shape index (κ3) is 6.64. The van der Waals surface area contributed by atoms with Crippen molar-refractivity contribution < 1.29 is 14.3 Å². The Morgan fingerprint density at radius 2 is 2.13 bits per heavy atom. The average molecular weight is 344 g/mol. The van der Waals surface area contributed by atoms with Gasteiger partial charge in [-0.3, -0.25) is 4.79 Å². The van der Waals surface area contributed by atoms with Crippen molar-refractivity contribution in [2.75, 3.05) is 33.9 Å². The molecule has 0 saturated carbocycles. The van der Waals surface area contributed by atoms with Crippen LogP contribution in [0.25, 0.3) is 0 Å². The molecule has 7 heteroatoms. The van der Waals surface area contributed by atoms with E-state index in [0.717, 1.165) is 18.7 Å². The Hall–Kier alpha value is -1.50. The number of rotatable bonds is 10. The third-order valence-corrected chi connectivity index (χ3v) is 3.78. The summed E-state index contributed by atoms with van der Waals surface area (Å²) in [7, 11) is 3.62. The molecule has 23 heavy (non-hydrogen) atoms. The zero-order valence-electron chi connectivity index (χ0n) is 14.2. The van der Waals surface area contributed by atoms with Crippen LogP contribution in [0.5, 0.6) is 11.5 Å². The number of nitrogens with one attached hydrogen (secondary N) is 1. The number of benzene rings is 1. The maximum atomic E-state index is 10.8. The quantitative estimate of drug-likeness (QED) is 0.632. The van der Waals surface area contributed by atoms with E-state index in [1.807, 2.05) is 6.07 Å². The van der Waals surface area contributed by atoms with E-state index < -0.39 is 5.91 Å². The Morgan fingerprint density at radius 3 is 2.70 bits per heavy atom. The van der Waals surface area contributed by atoms with E-state index in [2.05, 4.69) is 31.1 Å². The first kappa shape index (κ1) is 19.5. The highest BCUT2D eigenvalue weighted by Gasteiger charge is 2.13. The minimum Gasteiger partial charge on any atom is -0.493 e. The van der Waals surface area contributed by atoms with Gasteiger partial charge in [-0.25, -0.2) is 0 Å². The van der Waals surface area contributed by atoms with E-state index in [1.165, 1.54) is 7.11 Å². The summed E-state index contributed by atoms with van der Waals surface area (Å²) in [5.41, 5.74) is 6.05. The van der Waals surface area contributed by atoms with E-state index in [-0.39, 0.29) is 6.61 Å². The molecule has 0 aliphatic rings. The summed E-state index contributed by atoms with van der Waals surface area (Å²) >= 11 is 6.21. The van der Waals surface area contributed by atoms with Gasteiger partial charge in [-0.1, -0.05) is 11.6 Å². The van der Waals surface area contributed by atoms with Gasteiger partial charge in [-0.2, -0.15) is 0 Å². The van der Waals surface area contributed by atoms with E-state index >= 15 is 0 Å². The molecule has 0 bridgehead atoms. The van der Waals surface area contributed by atoms with Crippen molar-refractivity contribution in [2.45, 2.75) is 26.4 Å². The highest BCUT2D eigenvalue weighted by molar-refractivity contribution is 6.32. The van der Waals surface area contributed by atoms with Crippen LogP contribution in [0.15, 0.2) is 12.1 Å². The largest absolute Gasteiger partial charge is 0.493 e. The van der Waals surface area contributed by atoms with Crippen molar-refractivity contribution in [1.82, 2.24) is 10.2 Å². The fourth-order valence-corrected chi connectivity index (χ4v) is 2.19. The zero-order valence-corrected chi connectivity index (χ0v) is 14.9. The number of hydrogen-bond donors (Lipinski definition) is 2. The highest BCUT2D eigenvalue weighted by Crippen LogP contribution is 2.36. The molecular formula is C16H26ClN3O3. The lowest BCUT2D eigenvalue weighted by Gasteiger charge is -2.21. The summed E-state index contributed by atoms with van der Waals surface area (Å²) < 4.78 is 10.6. The summed E-state index contributed by atoms with van der Waals surface area (Å²) in [5, 5.41) is 3.76. The topological polar surface area (TPSA) is 76.8 Å². The van der Waals surface area contributed by atoms with Crippen molar-refractivity contribution in [3.8, 4) is 11.5 Å². The van der Waals surface area contributed by atoms with Gasteiger partial charge < -0.3 is 25.4 Å². The molecule has 0 saturated heterocycles. The lowest BCUT2D eigenvalue weighted by molar-refractivity contribution is -0.119. The first-order valence-corrected chi connectivity index (χ1v) is 7.91. The molecule has 0 unspecified atom stereocenters. The molecule has 3 N–H and O–H groups in total. The van der Waals surface area contributed by atoms with Gasteiger partial charge in [0.05, 0.1) is 12.1 Å². The van der Waals surface area contributed by atoms with Gasteiger partial charge in [0.25, 0.3) is 5.91 Å². The van der Waals surface area contributed by atoms with Gasteiger partial charge >= 0.3 is 0 Å². The van der Waals surface area contributed by atoms with Gasteiger partial charge in [0.2, 0.25) is 0 Å². The number of amides is 1. The maximum absolute atomic E-state index is 10.8. The predicted molar refractivity (Wildman–Crippen MR) is 92.2 cm³/mol. The molecule has 1 rings (SSSR count). The van der Waals surface area contributed by atoms with Crippen LogP contribution in [0.3, 0.4) is 0 Å². The molecule has 0 fully saturated rings. The van der Waals surface area contributed by atoms with E-state index in [1.54, 1.807) is 6.07 Å². The minimum atomic E-state index is -0.567. The van der Waals surface area contributed by atoms with Crippen molar-refractivity contribution in [3.63, 3.8) is 0 Å². The summed E-state index contributed by atoms with van der Waals surface area (Å²) in [6.07, 6.45) is 0. The molecule has 0 aromatic heterocycles. The summed E-state index contributed by atoms with van der Waals surface area (Å²) in [5.74, 6) is 0.245. The van der Waals surface area contributed by atoms with Crippen molar-refractivity contribution >= 4 is 17.5 Å². The lowest BCUT2D eigenvalue weighted by atomic mass is 10.2. The second kappa shape index (κ2) is 9.60. The number of carbonyl (C=O) groups is 1. The summed E-state index contributed by atoms with van der Waals surface area (Å²) in [4.78, 5) is 13.1. The number of methoxy groups -OCH3 is 1. The first-order valence-electron chi connectivity index (χ1n) is 7.53. The zero-order chi connectivity index (χ0) is 17.4. The average Bonchev–Trinajstić information content (AvgIpc) is 2.49. The third-order valence-electron chi connectivity index (χ3n) is 3.50. The molecule has 0 spiro atoms. The Labute approximate surface area is 142 Å². The van der Waals surface area contributed by atoms with Gasteiger partial charge in [0.15, 0.2) is 18.1 Å². The van der Waals surface area contributed by atoms with Crippen LogP contribution in [0.4, 0.5) is 0 Å². The Bertz CT molecular complexity index is 524. The van der Waals surface area contributed by atoms with Crippen LogP contribution >= 0.6 is 11.6 Å². The Morgan fingerprint density at radius 1 is 1.43 bits per heavy atom. The van der Waals surface area contributed by atoms with Crippen LogP contribution in [-0.2, 0) is 11.3 Å². The molecule has 6 nitrogen and oxygen atoms in total. The molecule has 0 radical (unpaired) electrons. The fraction of sp³-hybridized carbons (Fsp3) is 0.562. The highest BCUT2D eigenvalue weighted by atomic mass is 35.5. The van der Waals surface area contributed by atoms with Crippen molar-refractivity contribution in [2.24, 2.45) is 5.73 Å². The molecule has 1 aromatic carbocycles. The number of likely N-dealkylation sites (N-methyl/N-ethyl adjacent to an activating group) is 1. The Balaban J connectivity index is 2.63. The summed E-state index contributed by atoms with van der Waals surface area (Å²) in [6, 6.07) is 4.15. The molecule has 1 amide bonds. The Kier molecular flexibility index (Phi) is 8.16. The predicted octanol–water partition coefficient (Wildman–Crippen LogP) is 1.64. The number of primary amides is 1. The number of ether oxygens (including phenoxy) is 2. The number of halogens is 1. The van der Waals surface area contributed by atoms with Crippen LogP contribution in [0, 0.1) is 0 Å². The number of nitrogens with two attached hydrogens (primary N) is 1. The monoisotopic (exact) mass is 343 g/mol.